The summed E-state index contributed by atoms with van der Waals surface area (Å²) >= 11 is 0. The Hall–Kier alpha value is -2.44. The van der Waals surface area contributed by atoms with Gasteiger partial charge in [-0.3, -0.25) is 9.89 Å². The van der Waals surface area contributed by atoms with Gasteiger partial charge in [0, 0.05) is 6.07 Å². The number of benzene rings is 1. The number of nitrogen functional groups attached to an aromatic ring is 1. The third-order valence-electron chi connectivity index (χ3n) is 2.10. The predicted octanol–water partition coefficient (Wildman–Crippen LogP) is 1.52. The molecule has 2 rings (SSSR count). The van der Waals surface area contributed by atoms with Crippen molar-refractivity contribution in [2.45, 2.75) is 0 Å². The molecule has 0 atom stereocenters. The maximum Gasteiger partial charge on any atom is 0.262 e. The predicted molar refractivity (Wildman–Crippen MR) is 57.3 cm³/mol. The first-order valence-electron chi connectivity index (χ1n) is 4.64. The van der Waals surface area contributed by atoms with Gasteiger partial charge in [0.1, 0.15) is 17.2 Å². The van der Waals surface area contributed by atoms with E-state index >= 15 is 0 Å². The van der Waals surface area contributed by atoms with E-state index in [2.05, 4.69) is 15.5 Å². The molecule has 1 heterocycles. The van der Waals surface area contributed by atoms with E-state index in [-0.39, 0.29) is 11.5 Å². The second-order valence-corrected chi connectivity index (χ2v) is 3.25. The topological polar surface area (TPSA) is 83.8 Å². The van der Waals surface area contributed by atoms with E-state index in [1.165, 1.54) is 12.3 Å². The second-order valence-electron chi connectivity index (χ2n) is 3.25. The van der Waals surface area contributed by atoms with Gasteiger partial charge in [-0.25, -0.2) is 8.78 Å². The van der Waals surface area contributed by atoms with Gasteiger partial charge in [-0.15, -0.1) is 0 Å². The third kappa shape index (κ3) is 2.07. The van der Waals surface area contributed by atoms with E-state index in [9.17, 15) is 13.6 Å². The van der Waals surface area contributed by atoms with Gasteiger partial charge in [0.05, 0.1) is 11.9 Å². The molecule has 0 saturated carbocycles. The van der Waals surface area contributed by atoms with E-state index < -0.39 is 23.1 Å². The van der Waals surface area contributed by atoms with Crippen LogP contribution in [0.1, 0.15) is 10.4 Å². The van der Waals surface area contributed by atoms with Crippen molar-refractivity contribution in [1.29, 1.82) is 0 Å². The van der Waals surface area contributed by atoms with Crippen molar-refractivity contribution >= 4 is 17.4 Å². The molecule has 0 radical (unpaired) electrons. The van der Waals surface area contributed by atoms with Crippen molar-refractivity contribution in [3.05, 3.63) is 41.6 Å². The van der Waals surface area contributed by atoms with Crippen LogP contribution in [0.25, 0.3) is 0 Å². The SMILES string of the molecule is Nc1ccc(F)c(C(=O)Nc2ccn[nH]2)c1F. The summed E-state index contributed by atoms with van der Waals surface area (Å²) < 4.78 is 26.8. The minimum absolute atomic E-state index is 0.233. The van der Waals surface area contributed by atoms with Crippen molar-refractivity contribution in [2.75, 3.05) is 11.1 Å². The van der Waals surface area contributed by atoms with E-state index in [4.69, 9.17) is 5.73 Å². The fourth-order valence-electron chi connectivity index (χ4n) is 1.29. The van der Waals surface area contributed by atoms with Gasteiger partial charge in [-0.05, 0) is 12.1 Å². The molecule has 0 unspecified atom stereocenters. The summed E-state index contributed by atoms with van der Waals surface area (Å²) in [5, 5.41) is 8.27. The highest BCUT2D eigenvalue weighted by Gasteiger charge is 2.19. The summed E-state index contributed by atoms with van der Waals surface area (Å²) in [6, 6.07) is 3.43. The first-order chi connectivity index (χ1) is 8.09. The van der Waals surface area contributed by atoms with E-state index in [1.807, 2.05) is 0 Å². The van der Waals surface area contributed by atoms with Crippen LogP contribution in [-0.4, -0.2) is 16.1 Å². The summed E-state index contributed by atoms with van der Waals surface area (Å²) in [7, 11) is 0. The molecule has 0 spiro atoms. The summed E-state index contributed by atoms with van der Waals surface area (Å²) in [5.41, 5.74) is 4.25. The standard InChI is InChI=1S/C10H8F2N4O/c11-5-1-2-6(13)9(12)8(5)10(17)15-7-3-4-14-16-7/h1-4H,13H2,(H2,14,15,16,17). The van der Waals surface area contributed by atoms with Crippen LogP contribution in [0.15, 0.2) is 24.4 Å². The molecule has 0 fully saturated rings. The van der Waals surface area contributed by atoms with E-state index in [0.717, 1.165) is 12.1 Å². The van der Waals surface area contributed by atoms with Gasteiger partial charge in [0.2, 0.25) is 0 Å². The molecule has 1 amide bonds. The maximum absolute atomic E-state index is 13.5. The van der Waals surface area contributed by atoms with Gasteiger partial charge in [0.25, 0.3) is 5.91 Å². The Balaban J connectivity index is 2.34. The molecule has 0 aliphatic rings. The smallest absolute Gasteiger partial charge is 0.262 e. The molecule has 17 heavy (non-hydrogen) atoms. The number of nitrogens with zero attached hydrogens (tertiary/aromatic N) is 1. The number of H-pyrrole nitrogens is 1. The van der Waals surface area contributed by atoms with Crippen molar-refractivity contribution < 1.29 is 13.6 Å². The normalized spacial score (nSPS) is 10.2. The van der Waals surface area contributed by atoms with Gasteiger partial charge < -0.3 is 11.1 Å². The zero-order valence-corrected chi connectivity index (χ0v) is 8.50. The average Bonchev–Trinajstić information content (AvgIpc) is 2.77. The second kappa shape index (κ2) is 4.20. The summed E-state index contributed by atoms with van der Waals surface area (Å²) in [4.78, 5) is 11.6. The van der Waals surface area contributed by atoms with Gasteiger partial charge in [-0.2, -0.15) is 5.10 Å². The van der Waals surface area contributed by atoms with Crippen LogP contribution in [0.2, 0.25) is 0 Å². The lowest BCUT2D eigenvalue weighted by Gasteiger charge is -2.06. The van der Waals surface area contributed by atoms with E-state index in [0.29, 0.717) is 0 Å². The molecule has 0 aliphatic heterocycles. The lowest BCUT2D eigenvalue weighted by atomic mass is 10.1. The van der Waals surface area contributed by atoms with Crippen LogP contribution in [0.5, 0.6) is 0 Å². The fraction of sp³-hybridized carbons (Fsp3) is 0. The largest absolute Gasteiger partial charge is 0.396 e. The van der Waals surface area contributed by atoms with Crippen molar-refractivity contribution in [2.24, 2.45) is 0 Å². The number of halogens is 2. The molecule has 5 nitrogen and oxygen atoms in total. The summed E-state index contributed by atoms with van der Waals surface area (Å²) in [6.45, 7) is 0. The number of anilines is 2. The number of aromatic nitrogens is 2. The molecule has 1 aromatic heterocycles. The fourth-order valence-corrected chi connectivity index (χ4v) is 1.29. The highest BCUT2D eigenvalue weighted by Crippen LogP contribution is 2.19. The minimum Gasteiger partial charge on any atom is -0.396 e. The Bertz CT molecular complexity index is 554. The highest BCUT2D eigenvalue weighted by molar-refractivity contribution is 6.04. The monoisotopic (exact) mass is 238 g/mol. The summed E-state index contributed by atoms with van der Waals surface area (Å²) in [6.07, 6.45) is 1.39. The number of aromatic amines is 1. The number of amides is 1. The van der Waals surface area contributed by atoms with Gasteiger partial charge in [-0.1, -0.05) is 0 Å². The van der Waals surface area contributed by atoms with Crippen LogP contribution < -0.4 is 11.1 Å². The molecule has 88 valence electrons. The van der Waals surface area contributed by atoms with Crippen molar-refractivity contribution in [3.63, 3.8) is 0 Å². The first kappa shape index (κ1) is 11.1. The zero-order chi connectivity index (χ0) is 12.4. The highest BCUT2D eigenvalue weighted by atomic mass is 19.1. The molecule has 4 N–H and O–H groups in total. The quantitative estimate of drug-likeness (QED) is 0.693. The number of rotatable bonds is 2. The Morgan fingerprint density at radius 3 is 2.76 bits per heavy atom. The number of nitrogens with one attached hydrogen (secondary N) is 2. The molecule has 7 heteroatoms. The van der Waals surface area contributed by atoms with Crippen molar-refractivity contribution in [1.82, 2.24) is 10.2 Å². The third-order valence-corrected chi connectivity index (χ3v) is 2.10. The van der Waals surface area contributed by atoms with E-state index in [1.54, 1.807) is 0 Å². The Labute approximate surface area is 94.6 Å². The lowest BCUT2D eigenvalue weighted by molar-refractivity contribution is 0.101. The Kier molecular flexibility index (Phi) is 2.73. The van der Waals surface area contributed by atoms with Crippen LogP contribution in [0.3, 0.4) is 0 Å². The van der Waals surface area contributed by atoms with Crippen LogP contribution in [0.4, 0.5) is 20.3 Å². The number of carbonyl (C=O) groups excluding carboxylic acids is 1. The van der Waals surface area contributed by atoms with Gasteiger partial charge >= 0.3 is 0 Å². The summed E-state index contributed by atoms with van der Waals surface area (Å²) in [5.74, 6) is -2.76. The van der Waals surface area contributed by atoms with Crippen LogP contribution in [0, 0.1) is 11.6 Å². The number of hydrogen-bond donors (Lipinski definition) is 3. The number of nitrogens with two attached hydrogens (primary N) is 1. The van der Waals surface area contributed by atoms with Crippen LogP contribution >= 0.6 is 0 Å². The lowest BCUT2D eigenvalue weighted by Crippen LogP contribution is -2.17. The van der Waals surface area contributed by atoms with Gasteiger partial charge in [0.15, 0.2) is 5.82 Å². The minimum atomic E-state index is -1.08. The number of hydrogen-bond acceptors (Lipinski definition) is 3. The number of carbonyl (C=O) groups is 1. The molecule has 0 saturated heterocycles. The Morgan fingerprint density at radius 1 is 1.35 bits per heavy atom. The molecule has 0 bridgehead atoms. The zero-order valence-electron chi connectivity index (χ0n) is 8.50. The molecular formula is C10H8F2N4O. The molecule has 1 aromatic carbocycles. The average molecular weight is 238 g/mol. The molecule has 0 aliphatic carbocycles. The molecular weight excluding hydrogens is 230 g/mol. The molecule has 2 aromatic rings. The Morgan fingerprint density at radius 2 is 2.12 bits per heavy atom. The van der Waals surface area contributed by atoms with Crippen molar-refractivity contribution in [3.8, 4) is 0 Å². The van der Waals surface area contributed by atoms with Crippen LogP contribution in [-0.2, 0) is 0 Å². The maximum atomic E-state index is 13.5. The first-order valence-corrected chi connectivity index (χ1v) is 4.64.